The Labute approximate surface area is 268 Å². The highest BCUT2D eigenvalue weighted by molar-refractivity contribution is 5.99. The van der Waals surface area contributed by atoms with Gasteiger partial charge in [-0.3, -0.25) is 14.5 Å². The Kier molecular flexibility index (Phi) is 9.12. The van der Waals surface area contributed by atoms with E-state index >= 15 is 0 Å². The lowest BCUT2D eigenvalue weighted by Gasteiger charge is -2.29. The molecular formula is C37H39N3O6. The third-order valence-electron chi connectivity index (χ3n) is 8.65. The normalized spacial score (nSPS) is 13.0. The average molecular weight is 622 g/mol. The number of methoxy groups -OCH3 is 3. The first kappa shape index (κ1) is 31.0. The van der Waals surface area contributed by atoms with E-state index in [-0.39, 0.29) is 17.8 Å². The highest BCUT2D eigenvalue weighted by atomic mass is 16.5. The number of carbonyl (C=O) groups excluding carboxylic acids is 1. The van der Waals surface area contributed by atoms with Gasteiger partial charge in [0.05, 0.1) is 51.1 Å². The van der Waals surface area contributed by atoms with Gasteiger partial charge in [0.1, 0.15) is 11.5 Å². The zero-order valence-electron chi connectivity index (χ0n) is 26.7. The summed E-state index contributed by atoms with van der Waals surface area (Å²) < 4.78 is 22.6. The molecule has 0 saturated carbocycles. The van der Waals surface area contributed by atoms with Crippen molar-refractivity contribution in [3.8, 4) is 23.0 Å². The zero-order chi connectivity index (χ0) is 32.2. The predicted molar refractivity (Wildman–Crippen MR) is 181 cm³/mol. The van der Waals surface area contributed by atoms with E-state index in [1.165, 1.54) is 11.1 Å². The summed E-state index contributed by atoms with van der Waals surface area (Å²) in [7, 11) is 4.89. The maximum absolute atomic E-state index is 13.2. The van der Waals surface area contributed by atoms with Gasteiger partial charge >= 0.3 is 0 Å². The fourth-order valence-electron chi connectivity index (χ4n) is 6.22. The van der Waals surface area contributed by atoms with Crippen molar-refractivity contribution < 1.29 is 23.7 Å². The fourth-order valence-corrected chi connectivity index (χ4v) is 6.22. The van der Waals surface area contributed by atoms with Crippen molar-refractivity contribution in [1.29, 1.82) is 0 Å². The summed E-state index contributed by atoms with van der Waals surface area (Å²) >= 11 is 0. The molecule has 6 rings (SSSR count). The van der Waals surface area contributed by atoms with Gasteiger partial charge in [-0.1, -0.05) is 24.3 Å². The highest BCUT2D eigenvalue weighted by Gasteiger charge is 2.19. The number of fused-ring (bicyclic) bond motifs is 3. The summed E-state index contributed by atoms with van der Waals surface area (Å²) in [6.07, 6.45) is 1.93. The molecule has 0 unspecified atom stereocenters. The van der Waals surface area contributed by atoms with Gasteiger partial charge in [0.25, 0.3) is 0 Å². The van der Waals surface area contributed by atoms with E-state index < -0.39 is 0 Å². The van der Waals surface area contributed by atoms with Crippen LogP contribution in [0.3, 0.4) is 0 Å². The minimum atomic E-state index is -0.218. The second-order valence-corrected chi connectivity index (χ2v) is 11.6. The molecule has 2 heterocycles. The number of hydrogen-bond acceptors (Lipinski definition) is 7. The van der Waals surface area contributed by atoms with E-state index in [1.807, 2.05) is 43.3 Å². The topological polar surface area (TPSA) is 102 Å². The average Bonchev–Trinajstić information content (AvgIpc) is 3.07. The van der Waals surface area contributed by atoms with E-state index in [9.17, 15) is 9.59 Å². The molecule has 0 atom stereocenters. The number of amides is 1. The SMILES string of the molecule is COc1cc(OCCCN2CCc3cc(OC)c(OC)cc3C2)ccc1NC(=O)Cc1cccc2c(=O)c3cccc(C)c3[nH]c12. The largest absolute Gasteiger partial charge is 0.494 e. The Morgan fingerprint density at radius 1 is 0.870 bits per heavy atom. The molecule has 46 heavy (non-hydrogen) atoms. The van der Waals surface area contributed by atoms with Crippen LogP contribution in [0.15, 0.2) is 71.5 Å². The molecule has 2 N–H and O–H groups in total. The first-order valence-electron chi connectivity index (χ1n) is 15.5. The Morgan fingerprint density at radius 2 is 1.59 bits per heavy atom. The fraction of sp³-hybridized carbons (Fsp3) is 0.297. The van der Waals surface area contributed by atoms with Crippen LogP contribution >= 0.6 is 0 Å². The number of hydrogen-bond donors (Lipinski definition) is 2. The predicted octanol–water partition coefficient (Wildman–Crippen LogP) is 6.02. The van der Waals surface area contributed by atoms with Crippen molar-refractivity contribution in [2.75, 3.05) is 46.3 Å². The number of ether oxygens (including phenoxy) is 4. The van der Waals surface area contributed by atoms with Crippen LogP contribution in [0.2, 0.25) is 0 Å². The second kappa shape index (κ2) is 13.5. The monoisotopic (exact) mass is 621 g/mol. The molecule has 0 saturated heterocycles. The Balaban J connectivity index is 1.06. The van der Waals surface area contributed by atoms with Crippen molar-refractivity contribution in [2.24, 2.45) is 0 Å². The number of aryl methyl sites for hydroxylation is 1. The number of benzene rings is 4. The second-order valence-electron chi connectivity index (χ2n) is 11.6. The van der Waals surface area contributed by atoms with Crippen molar-refractivity contribution >= 4 is 33.4 Å². The number of carbonyl (C=O) groups is 1. The lowest BCUT2D eigenvalue weighted by molar-refractivity contribution is -0.115. The highest BCUT2D eigenvalue weighted by Crippen LogP contribution is 2.33. The van der Waals surface area contributed by atoms with Crippen molar-refractivity contribution in [2.45, 2.75) is 32.7 Å². The van der Waals surface area contributed by atoms with Crippen LogP contribution in [0.25, 0.3) is 21.8 Å². The molecule has 0 spiro atoms. The van der Waals surface area contributed by atoms with Gasteiger partial charge in [-0.25, -0.2) is 0 Å². The van der Waals surface area contributed by atoms with Gasteiger partial charge in [0.2, 0.25) is 5.91 Å². The maximum Gasteiger partial charge on any atom is 0.228 e. The lowest BCUT2D eigenvalue weighted by atomic mass is 9.98. The minimum Gasteiger partial charge on any atom is -0.494 e. The van der Waals surface area contributed by atoms with Crippen molar-refractivity contribution in [3.05, 3.63) is 99.2 Å². The number of rotatable bonds is 11. The summed E-state index contributed by atoms with van der Waals surface area (Å²) in [5.74, 6) is 2.49. The number of H-pyrrole nitrogens is 1. The summed E-state index contributed by atoms with van der Waals surface area (Å²) in [5.41, 5.74) is 6.25. The molecule has 5 aromatic rings. The zero-order valence-corrected chi connectivity index (χ0v) is 26.7. The van der Waals surface area contributed by atoms with Gasteiger partial charge < -0.3 is 29.2 Å². The minimum absolute atomic E-state index is 0.0464. The number of pyridine rings is 1. The number of aromatic amines is 1. The third kappa shape index (κ3) is 6.37. The van der Waals surface area contributed by atoms with Crippen LogP contribution in [0.5, 0.6) is 23.0 Å². The van der Waals surface area contributed by atoms with Gasteiger partial charge in [-0.05, 0) is 78.4 Å². The summed E-state index contributed by atoms with van der Waals surface area (Å²) in [6.45, 7) is 5.27. The van der Waals surface area contributed by atoms with Crippen LogP contribution < -0.4 is 29.7 Å². The molecule has 1 amide bonds. The van der Waals surface area contributed by atoms with Crippen LogP contribution in [0.4, 0.5) is 5.69 Å². The number of nitrogens with zero attached hydrogens (tertiary/aromatic N) is 1. The molecule has 4 aromatic carbocycles. The lowest BCUT2D eigenvalue weighted by Crippen LogP contribution is -2.32. The molecule has 1 aliphatic heterocycles. The molecule has 0 aliphatic carbocycles. The molecule has 9 heteroatoms. The number of anilines is 1. The van der Waals surface area contributed by atoms with Gasteiger partial charge in [-0.15, -0.1) is 0 Å². The Hall–Kier alpha value is -5.02. The van der Waals surface area contributed by atoms with E-state index in [4.69, 9.17) is 18.9 Å². The molecule has 9 nitrogen and oxygen atoms in total. The van der Waals surface area contributed by atoms with Crippen LogP contribution in [0, 0.1) is 6.92 Å². The van der Waals surface area contributed by atoms with E-state index in [2.05, 4.69) is 27.3 Å². The van der Waals surface area contributed by atoms with Crippen LogP contribution in [-0.4, -0.2) is 56.8 Å². The molecule has 0 bridgehead atoms. The van der Waals surface area contributed by atoms with Gasteiger partial charge in [0, 0.05) is 36.5 Å². The van der Waals surface area contributed by atoms with Crippen LogP contribution in [0.1, 0.15) is 28.7 Å². The standard InChI is InChI=1S/C37H39N3O6/c1-23-8-5-10-28-35(23)39-36-25(9-6-11-29(36)37(28)42)20-34(41)38-30-13-12-27(21-31(30)43-2)46-17-7-15-40-16-14-24-18-32(44-3)33(45-4)19-26(24)22-40/h5-6,8-13,18-19,21H,7,14-17,20,22H2,1-4H3,(H,38,41)(H,39,42). The molecule has 1 aromatic heterocycles. The third-order valence-corrected chi connectivity index (χ3v) is 8.65. The molecule has 0 radical (unpaired) electrons. The van der Waals surface area contributed by atoms with E-state index in [0.29, 0.717) is 40.1 Å². The first-order valence-corrected chi connectivity index (χ1v) is 15.5. The molecular weight excluding hydrogens is 582 g/mol. The Morgan fingerprint density at radius 3 is 2.35 bits per heavy atom. The van der Waals surface area contributed by atoms with Gasteiger partial charge in [0.15, 0.2) is 16.9 Å². The van der Waals surface area contributed by atoms with Crippen molar-refractivity contribution in [3.63, 3.8) is 0 Å². The quantitative estimate of drug-likeness (QED) is 0.137. The summed E-state index contributed by atoms with van der Waals surface area (Å²) in [5, 5.41) is 4.17. The summed E-state index contributed by atoms with van der Waals surface area (Å²) in [6, 6.07) is 20.7. The number of nitrogens with one attached hydrogen (secondary N) is 2. The number of para-hydroxylation sites is 2. The maximum atomic E-state index is 13.2. The van der Waals surface area contributed by atoms with E-state index in [0.717, 1.165) is 60.6 Å². The first-order chi connectivity index (χ1) is 22.4. The number of aromatic nitrogens is 1. The molecule has 0 fully saturated rings. The Bertz CT molecular complexity index is 1970. The summed E-state index contributed by atoms with van der Waals surface area (Å²) in [4.78, 5) is 32.2. The van der Waals surface area contributed by atoms with Gasteiger partial charge in [-0.2, -0.15) is 0 Å². The van der Waals surface area contributed by atoms with Crippen LogP contribution in [-0.2, 0) is 24.2 Å². The van der Waals surface area contributed by atoms with Crippen molar-refractivity contribution in [1.82, 2.24) is 9.88 Å². The molecule has 1 aliphatic rings. The van der Waals surface area contributed by atoms with E-state index in [1.54, 1.807) is 39.5 Å². The smallest absolute Gasteiger partial charge is 0.228 e. The molecule has 238 valence electrons.